The van der Waals surface area contributed by atoms with E-state index in [9.17, 15) is 0 Å². The number of benzene rings is 1. The SMILES string of the molecule is CC.CNc1cc(Cl)c(C)c(CN2CCOCC2)c1. The fourth-order valence-electron chi connectivity index (χ4n) is 2.04. The second-order valence-corrected chi connectivity index (χ2v) is 4.79. The molecule has 1 aliphatic rings. The number of halogens is 1. The predicted molar refractivity (Wildman–Crippen MR) is 83.2 cm³/mol. The maximum Gasteiger partial charge on any atom is 0.0594 e. The van der Waals surface area contributed by atoms with Gasteiger partial charge < -0.3 is 10.1 Å². The summed E-state index contributed by atoms with van der Waals surface area (Å²) in [6.07, 6.45) is 0. The molecule has 4 heteroatoms. The molecule has 0 spiro atoms. The largest absolute Gasteiger partial charge is 0.388 e. The Morgan fingerprint density at radius 1 is 1.26 bits per heavy atom. The van der Waals surface area contributed by atoms with E-state index in [4.69, 9.17) is 16.3 Å². The number of ether oxygens (including phenoxy) is 1. The van der Waals surface area contributed by atoms with Crippen LogP contribution in [0.1, 0.15) is 25.0 Å². The first-order valence-corrected chi connectivity index (χ1v) is 7.35. The van der Waals surface area contributed by atoms with E-state index in [2.05, 4.69) is 23.2 Å². The van der Waals surface area contributed by atoms with Gasteiger partial charge in [0.1, 0.15) is 0 Å². The highest BCUT2D eigenvalue weighted by Gasteiger charge is 2.13. The first kappa shape index (κ1) is 16.3. The molecule has 1 saturated heterocycles. The minimum Gasteiger partial charge on any atom is -0.388 e. The standard InChI is InChI=1S/C13H19ClN2O.C2H6/c1-10-11(7-12(15-2)8-13(10)14)9-16-3-5-17-6-4-16;1-2/h7-8,15H,3-6,9H2,1-2H3;1-2H3. The van der Waals surface area contributed by atoms with Crippen molar-refractivity contribution in [2.45, 2.75) is 27.3 Å². The minimum atomic E-state index is 0.832. The van der Waals surface area contributed by atoms with Crippen LogP contribution in [-0.2, 0) is 11.3 Å². The fourth-order valence-corrected chi connectivity index (χ4v) is 2.28. The molecule has 1 aromatic carbocycles. The summed E-state index contributed by atoms with van der Waals surface area (Å²) in [4.78, 5) is 2.40. The Morgan fingerprint density at radius 2 is 1.89 bits per heavy atom. The quantitative estimate of drug-likeness (QED) is 0.919. The highest BCUT2D eigenvalue weighted by Crippen LogP contribution is 2.25. The molecule has 1 N–H and O–H groups in total. The first-order valence-electron chi connectivity index (χ1n) is 6.97. The Labute approximate surface area is 121 Å². The lowest BCUT2D eigenvalue weighted by molar-refractivity contribution is 0.0341. The summed E-state index contributed by atoms with van der Waals surface area (Å²) in [6, 6.07) is 4.15. The summed E-state index contributed by atoms with van der Waals surface area (Å²) in [5, 5.41) is 3.98. The third kappa shape index (κ3) is 4.68. The summed E-state index contributed by atoms with van der Waals surface area (Å²) in [5.74, 6) is 0. The number of hydrogen-bond donors (Lipinski definition) is 1. The van der Waals surface area contributed by atoms with Crippen molar-refractivity contribution in [3.63, 3.8) is 0 Å². The second kappa shape index (κ2) is 8.41. The predicted octanol–water partition coefficient (Wildman–Crippen LogP) is 3.55. The molecule has 0 unspecified atom stereocenters. The molecule has 19 heavy (non-hydrogen) atoms. The van der Waals surface area contributed by atoms with Crippen molar-refractivity contribution in [1.29, 1.82) is 0 Å². The fraction of sp³-hybridized carbons (Fsp3) is 0.600. The van der Waals surface area contributed by atoms with Crippen molar-refractivity contribution >= 4 is 17.3 Å². The van der Waals surface area contributed by atoms with Gasteiger partial charge in [-0.15, -0.1) is 0 Å². The van der Waals surface area contributed by atoms with Gasteiger partial charge in [-0.05, 0) is 30.2 Å². The summed E-state index contributed by atoms with van der Waals surface area (Å²) in [7, 11) is 1.92. The lowest BCUT2D eigenvalue weighted by Crippen LogP contribution is -2.35. The van der Waals surface area contributed by atoms with Crippen LogP contribution in [0.2, 0.25) is 5.02 Å². The van der Waals surface area contributed by atoms with Gasteiger partial charge in [-0.3, -0.25) is 4.90 Å². The molecule has 0 bridgehead atoms. The molecule has 3 nitrogen and oxygen atoms in total. The second-order valence-electron chi connectivity index (χ2n) is 4.38. The van der Waals surface area contributed by atoms with Gasteiger partial charge in [0.05, 0.1) is 13.2 Å². The Kier molecular flexibility index (Phi) is 7.21. The Balaban J connectivity index is 0.000000861. The number of morpholine rings is 1. The van der Waals surface area contributed by atoms with Crippen molar-refractivity contribution in [2.24, 2.45) is 0 Å². The van der Waals surface area contributed by atoms with Gasteiger partial charge in [0.15, 0.2) is 0 Å². The van der Waals surface area contributed by atoms with Gasteiger partial charge in [-0.2, -0.15) is 0 Å². The van der Waals surface area contributed by atoms with Crippen LogP contribution >= 0.6 is 11.6 Å². The zero-order chi connectivity index (χ0) is 14.3. The summed E-state index contributed by atoms with van der Waals surface area (Å²) < 4.78 is 5.36. The maximum atomic E-state index is 6.23. The van der Waals surface area contributed by atoms with Crippen LogP contribution in [0, 0.1) is 6.92 Å². The molecule has 0 amide bonds. The van der Waals surface area contributed by atoms with Crippen LogP contribution in [0.25, 0.3) is 0 Å². The number of nitrogens with zero attached hydrogens (tertiary/aromatic N) is 1. The molecular formula is C15H25ClN2O. The monoisotopic (exact) mass is 284 g/mol. The highest BCUT2D eigenvalue weighted by molar-refractivity contribution is 6.31. The first-order chi connectivity index (χ1) is 9.20. The van der Waals surface area contributed by atoms with E-state index in [1.54, 1.807) is 0 Å². The Morgan fingerprint density at radius 3 is 2.47 bits per heavy atom. The third-order valence-corrected chi connectivity index (χ3v) is 3.63. The molecule has 0 aliphatic carbocycles. The Hall–Kier alpha value is -0.770. The number of anilines is 1. The van der Waals surface area contributed by atoms with Gasteiger partial charge in [-0.25, -0.2) is 0 Å². The number of nitrogens with one attached hydrogen (secondary N) is 1. The average Bonchev–Trinajstić information content (AvgIpc) is 2.47. The van der Waals surface area contributed by atoms with Crippen molar-refractivity contribution in [1.82, 2.24) is 4.90 Å². The van der Waals surface area contributed by atoms with E-state index in [1.165, 1.54) is 11.1 Å². The molecule has 108 valence electrons. The van der Waals surface area contributed by atoms with Gasteiger partial charge in [0.2, 0.25) is 0 Å². The van der Waals surface area contributed by atoms with E-state index in [1.807, 2.05) is 27.0 Å². The summed E-state index contributed by atoms with van der Waals surface area (Å²) >= 11 is 6.23. The van der Waals surface area contributed by atoms with Gasteiger partial charge >= 0.3 is 0 Å². The smallest absolute Gasteiger partial charge is 0.0594 e. The zero-order valence-corrected chi connectivity index (χ0v) is 13.2. The lowest BCUT2D eigenvalue weighted by atomic mass is 10.1. The van der Waals surface area contributed by atoms with Crippen molar-refractivity contribution < 1.29 is 4.74 Å². The van der Waals surface area contributed by atoms with Crippen molar-refractivity contribution in [2.75, 3.05) is 38.7 Å². The van der Waals surface area contributed by atoms with E-state index in [0.717, 1.165) is 43.6 Å². The molecular weight excluding hydrogens is 260 g/mol. The van der Waals surface area contributed by atoms with E-state index in [-0.39, 0.29) is 0 Å². The zero-order valence-electron chi connectivity index (χ0n) is 12.4. The summed E-state index contributed by atoms with van der Waals surface area (Å²) in [5.41, 5.74) is 3.55. The third-order valence-electron chi connectivity index (χ3n) is 3.24. The van der Waals surface area contributed by atoms with Crippen LogP contribution in [0.15, 0.2) is 12.1 Å². The van der Waals surface area contributed by atoms with Crippen LogP contribution in [-0.4, -0.2) is 38.3 Å². The lowest BCUT2D eigenvalue weighted by Gasteiger charge is -2.27. The van der Waals surface area contributed by atoms with E-state index >= 15 is 0 Å². The van der Waals surface area contributed by atoms with Crippen LogP contribution in [0.3, 0.4) is 0 Å². The van der Waals surface area contributed by atoms with E-state index < -0.39 is 0 Å². The molecule has 0 aromatic heterocycles. The molecule has 0 saturated carbocycles. The molecule has 1 fully saturated rings. The van der Waals surface area contributed by atoms with Crippen LogP contribution in [0.4, 0.5) is 5.69 Å². The van der Waals surface area contributed by atoms with Crippen LogP contribution in [0.5, 0.6) is 0 Å². The normalized spacial score (nSPS) is 15.6. The van der Waals surface area contributed by atoms with Gasteiger partial charge in [0, 0.05) is 37.4 Å². The molecule has 0 atom stereocenters. The van der Waals surface area contributed by atoms with Crippen molar-refractivity contribution in [3.05, 3.63) is 28.3 Å². The number of rotatable bonds is 3. The molecule has 1 heterocycles. The summed E-state index contributed by atoms with van der Waals surface area (Å²) in [6.45, 7) is 10.7. The minimum absolute atomic E-state index is 0.832. The van der Waals surface area contributed by atoms with Crippen LogP contribution < -0.4 is 5.32 Å². The molecule has 1 aliphatic heterocycles. The van der Waals surface area contributed by atoms with Crippen molar-refractivity contribution in [3.8, 4) is 0 Å². The highest BCUT2D eigenvalue weighted by atomic mass is 35.5. The number of hydrogen-bond acceptors (Lipinski definition) is 3. The van der Waals surface area contributed by atoms with Gasteiger partial charge in [-0.1, -0.05) is 25.4 Å². The maximum absolute atomic E-state index is 6.23. The topological polar surface area (TPSA) is 24.5 Å². The Bertz CT molecular complexity index is 390. The van der Waals surface area contributed by atoms with E-state index in [0.29, 0.717) is 0 Å². The van der Waals surface area contributed by atoms with Gasteiger partial charge in [0.25, 0.3) is 0 Å². The molecule has 1 aromatic rings. The average molecular weight is 285 g/mol. The molecule has 2 rings (SSSR count). The molecule has 0 radical (unpaired) electrons.